The number of carbonyl (C=O) groups is 1. The number of aryl methyl sites for hydroxylation is 1. The molecule has 0 atom stereocenters. The maximum absolute atomic E-state index is 12.5. The van der Waals surface area contributed by atoms with Crippen molar-refractivity contribution in [2.45, 2.75) is 11.3 Å². The van der Waals surface area contributed by atoms with E-state index in [4.69, 9.17) is 0 Å². The quantitative estimate of drug-likeness (QED) is 0.239. The third-order valence-corrected chi connectivity index (χ3v) is 7.87. The second-order valence-corrected chi connectivity index (χ2v) is 10.5. The monoisotopic (exact) mass is 516 g/mol. The number of rotatable bonds is 7. The second-order valence-electron chi connectivity index (χ2n) is 7.46. The predicted octanol–water partition coefficient (Wildman–Crippen LogP) is 5.15. The van der Waals surface area contributed by atoms with Crippen LogP contribution in [0.2, 0.25) is 0 Å². The molecule has 0 unspecified atom stereocenters. The van der Waals surface area contributed by atoms with Crippen molar-refractivity contribution in [1.29, 1.82) is 0 Å². The van der Waals surface area contributed by atoms with Gasteiger partial charge in [-0.1, -0.05) is 77.2 Å². The summed E-state index contributed by atoms with van der Waals surface area (Å²) >= 11 is 4.21. The van der Waals surface area contributed by atoms with Crippen LogP contribution in [-0.2, 0) is 4.79 Å². The smallest absolute Gasteiger partial charge is 0.250 e. The molecule has 5 rings (SSSR count). The third-order valence-electron chi connectivity index (χ3n) is 4.96. The molecular weight excluding hydrogens is 497 g/mol. The van der Waals surface area contributed by atoms with Crippen LogP contribution < -0.4 is 10.2 Å². The third kappa shape index (κ3) is 5.56. The summed E-state index contributed by atoms with van der Waals surface area (Å²) in [7, 11) is 0. The highest BCUT2D eigenvalue weighted by Crippen LogP contribution is 2.28. The van der Waals surface area contributed by atoms with Gasteiger partial charge in [-0.3, -0.25) is 14.3 Å². The Kier molecular flexibility index (Phi) is 7.12. The molecule has 1 amide bonds. The van der Waals surface area contributed by atoms with E-state index in [0.717, 1.165) is 27.6 Å². The molecule has 7 nitrogen and oxygen atoms in total. The lowest BCUT2D eigenvalue weighted by molar-refractivity contribution is -0.118. The molecule has 10 heteroatoms. The SMILES string of the molecule is Cc1ccc(-n2c(-c3ccccc3)cs/c2=N/NC(=O)CSc2nnc(-c3ccccn3)s2)cc1. The van der Waals surface area contributed by atoms with Gasteiger partial charge in [0.1, 0.15) is 5.69 Å². The van der Waals surface area contributed by atoms with Gasteiger partial charge in [-0.2, -0.15) is 0 Å². The van der Waals surface area contributed by atoms with Gasteiger partial charge in [-0.25, -0.2) is 5.43 Å². The van der Waals surface area contributed by atoms with E-state index in [1.165, 1.54) is 40.0 Å². The van der Waals surface area contributed by atoms with Crippen molar-refractivity contribution in [3.05, 3.63) is 94.7 Å². The summed E-state index contributed by atoms with van der Waals surface area (Å²) in [5.74, 6) is -0.0309. The summed E-state index contributed by atoms with van der Waals surface area (Å²) in [4.78, 5) is 17.5. The van der Waals surface area contributed by atoms with Crippen molar-refractivity contribution in [2.24, 2.45) is 5.10 Å². The van der Waals surface area contributed by atoms with Crippen molar-refractivity contribution in [1.82, 2.24) is 25.2 Å². The van der Waals surface area contributed by atoms with E-state index in [9.17, 15) is 4.79 Å². The summed E-state index contributed by atoms with van der Waals surface area (Å²) in [6, 6.07) is 24.0. The van der Waals surface area contributed by atoms with Crippen molar-refractivity contribution in [3.63, 3.8) is 0 Å². The number of carbonyl (C=O) groups excluding carboxylic acids is 1. The number of hydrogen-bond acceptors (Lipinski definition) is 8. The zero-order valence-electron chi connectivity index (χ0n) is 18.7. The maximum atomic E-state index is 12.5. The molecule has 35 heavy (non-hydrogen) atoms. The summed E-state index contributed by atoms with van der Waals surface area (Å²) in [5.41, 5.74) is 7.71. The molecule has 0 saturated carbocycles. The van der Waals surface area contributed by atoms with Gasteiger partial charge in [0.2, 0.25) is 4.80 Å². The van der Waals surface area contributed by atoms with Crippen LogP contribution in [0.4, 0.5) is 0 Å². The summed E-state index contributed by atoms with van der Waals surface area (Å²) in [6.07, 6.45) is 1.72. The first kappa shape index (κ1) is 23.2. The molecule has 0 radical (unpaired) electrons. The number of nitrogens with zero attached hydrogens (tertiary/aromatic N) is 5. The minimum absolute atomic E-state index is 0.182. The van der Waals surface area contributed by atoms with Gasteiger partial charge in [0.05, 0.1) is 11.4 Å². The molecule has 5 aromatic rings. The Bertz CT molecular complexity index is 1490. The zero-order valence-corrected chi connectivity index (χ0v) is 21.1. The lowest BCUT2D eigenvalue weighted by Crippen LogP contribution is -2.25. The highest BCUT2D eigenvalue weighted by Gasteiger charge is 2.12. The van der Waals surface area contributed by atoms with Crippen LogP contribution in [-0.4, -0.2) is 31.4 Å². The topological polar surface area (TPSA) is 85.1 Å². The Hall–Kier alpha value is -3.60. The van der Waals surface area contributed by atoms with Crippen molar-refractivity contribution in [2.75, 3.05) is 5.75 Å². The van der Waals surface area contributed by atoms with E-state index in [0.29, 0.717) is 9.14 Å². The van der Waals surface area contributed by atoms with E-state index in [2.05, 4.69) is 79.0 Å². The number of nitrogens with one attached hydrogen (secondary N) is 1. The molecule has 0 spiro atoms. The fraction of sp³-hybridized carbons (Fsp3) is 0.0800. The lowest BCUT2D eigenvalue weighted by Gasteiger charge is -2.09. The Balaban J connectivity index is 1.33. The molecular formula is C25H20N6OS3. The number of benzene rings is 2. The van der Waals surface area contributed by atoms with Gasteiger partial charge in [-0.05, 0) is 36.8 Å². The Morgan fingerprint density at radius 2 is 1.83 bits per heavy atom. The van der Waals surface area contributed by atoms with Crippen LogP contribution in [0, 0.1) is 6.92 Å². The van der Waals surface area contributed by atoms with E-state index in [1.807, 2.05) is 36.4 Å². The average Bonchev–Trinajstić information content (AvgIpc) is 3.55. The van der Waals surface area contributed by atoms with Gasteiger partial charge >= 0.3 is 0 Å². The first-order valence-electron chi connectivity index (χ1n) is 10.7. The maximum Gasteiger partial charge on any atom is 0.250 e. The van der Waals surface area contributed by atoms with Crippen molar-refractivity contribution < 1.29 is 4.79 Å². The Morgan fingerprint density at radius 1 is 1.03 bits per heavy atom. The van der Waals surface area contributed by atoms with Gasteiger partial charge in [0, 0.05) is 17.3 Å². The zero-order chi connectivity index (χ0) is 24.0. The molecule has 1 N–H and O–H groups in total. The lowest BCUT2D eigenvalue weighted by atomic mass is 10.1. The van der Waals surface area contributed by atoms with Gasteiger partial charge in [-0.15, -0.1) is 26.6 Å². The highest BCUT2D eigenvalue weighted by molar-refractivity contribution is 8.01. The molecule has 174 valence electrons. The van der Waals surface area contributed by atoms with Crippen LogP contribution in [0.25, 0.3) is 27.6 Å². The van der Waals surface area contributed by atoms with E-state index in [-0.39, 0.29) is 11.7 Å². The fourth-order valence-corrected chi connectivity index (χ4v) is 5.76. The first-order valence-corrected chi connectivity index (χ1v) is 13.4. The Labute approximate surface area is 214 Å². The number of thioether (sulfide) groups is 1. The van der Waals surface area contributed by atoms with Crippen molar-refractivity contribution >= 4 is 40.3 Å². The normalized spacial score (nSPS) is 11.5. The van der Waals surface area contributed by atoms with Crippen LogP contribution in [0.5, 0.6) is 0 Å². The minimum atomic E-state index is -0.213. The number of aromatic nitrogens is 4. The number of amides is 1. The molecule has 0 fully saturated rings. The molecule has 0 aliphatic heterocycles. The number of hydrogen-bond donors (Lipinski definition) is 1. The molecule has 0 bridgehead atoms. The Morgan fingerprint density at radius 3 is 2.60 bits per heavy atom. The fourth-order valence-electron chi connectivity index (χ4n) is 3.27. The molecule has 0 aliphatic rings. The second kappa shape index (κ2) is 10.8. The number of pyridine rings is 1. The summed E-state index contributed by atoms with van der Waals surface area (Å²) in [6.45, 7) is 2.06. The summed E-state index contributed by atoms with van der Waals surface area (Å²) in [5, 5.41) is 15.5. The number of thiazole rings is 1. The van der Waals surface area contributed by atoms with Gasteiger partial charge < -0.3 is 0 Å². The minimum Gasteiger partial charge on any atom is -0.284 e. The van der Waals surface area contributed by atoms with E-state index in [1.54, 1.807) is 6.20 Å². The molecule has 0 saturated heterocycles. The van der Waals surface area contributed by atoms with Gasteiger partial charge in [0.25, 0.3) is 5.91 Å². The summed E-state index contributed by atoms with van der Waals surface area (Å²) < 4.78 is 2.76. The molecule has 2 aromatic carbocycles. The first-order chi connectivity index (χ1) is 17.2. The van der Waals surface area contributed by atoms with Gasteiger partial charge in [0.15, 0.2) is 9.35 Å². The molecule has 3 aromatic heterocycles. The largest absolute Gasteiger partial charge is 0.284 e. The van der Waals surface area contributed by atoms with Crippen molar-refractivity contribution in [3.8, 4) is 27.6 Å². The van der Waals surface area contributed by atoms with E-state index >= 15 is 0 Å². The standard InChI is InChI=1S/C25H20N6OS3/c1-17-10-12-19(13-11-17)31-21(18-7-3-2-4-8-18)15-33-24(31)29-27-22(32)16-34-25-30-28-23(35-25)20-9-5-6-14-26-20/h2-15H,16H2,1H3,(H,27,32)/b29-24+. The molecule has 3 heterocycles. The van der Waals surface area contributed by atoms with Crippen LogP contribution in [0.15, 0.2) is 93.8 Å². The van der Waals surface area contributed by atoms with Crippen LogP contribution in [0.3, 0.4) is 0 Å². The average molecular weight is 517 g/mol. The van der Waals surface area contributed by atoms with E-state index < -0.39 is 0 Å². The highest BCUT2D eigenvalue weighted by atomic mass is 32.2. The van der Waals surface area contributed by atoms with Crippen LogP contribution in [0.1, 0.15) is 5.56 Å². The predicted molar refractivity (Wildman–Crippen MR) is 141 cm³/mol. The molecule has 0 aliphatic carbocycles. The van der Waals surface area contributed by atoms with Crippen LogP contribution >= 0.6 is 34.4 Å².